The highest BCUT2D eigenvalue weighted by atomic mass is 79.9. The van der Waals surface area contributed by atoms with Crippen LogP contribution in [0.1, 0.15) is 18.9 Å². The Kier molecular flexibility index (Phi) is 6.40. The average molecular weight is 364 g/mol. The van der Waals surface area contributed by atoms with E-state index in [-0.39, 0.29) is 5.97 Å². The lowest BCUT2D eigenvalue weighted by molar-refractivity contribution is -0.151. The molecule has 1 unspecified atom stereocenters. The maximum absolute atomic E-state index is 11.9. The molecule has 1 atom stereocenters. The predicted octanol–water partition coefficient (Wildman–Crippen LogP) is 3.79. The van der Waals surface area contributed by atoms with Crippen LogP contribution < -0.4 is 4.74 Å². The number of carbonyl (C=O) groups is 1. The summed E-state index contributed by atoms with van der Waals surface area (Å²) in [4.78, 5) is 15.8. The van der Waals surface area contributed by atoms with Gasteiger partial charge in [0, 0.05) is 16.9 Å². The van der Waals surface area contributed by atoms with Gasteiger partial charge < -0.3 is 9.47 Å². The molecule has 1 aromatic carbocycles. The van der Waals surface area contributed by atoms with Gasteiger partial charge in [-0.2, -0.15) is 0 Å². The van der Waals surface area contributed by atoms with E-state index < -0.39 is 6.10 Å². The normalized spacial score (nSPS) is 11.7. The lowest BCUT2D eigenvalue weighted by Gasteiger charge is -2.14. The van der Waals surface area contributed by atoms with E-state index in [0.29, 0.717) is 12.4 Å². The smallest absolute Gasteiger partial charge is 0.347 e. The van der Waals surface area contributed by atoms with Crippen molar-refractivity contribution in [3.63, 3.8) is 0 Å². The van der Waals surface area contributed by atoms with Gasteiger partial charge in [-0.15, -0.1) is 0 Å². The van der Waals surface area contributed by atoms with Crippen LogP contribution in [0, 0.1) is 0 Å². The highest BCUT2D eigenvalue weighted by Gasteiger charge is 2.16. The van der Waals surface area contributed by atoms with Crippen LogP contribution in [0.2, 0.25) is 0 Å². The number of ether oxygens (including phenoxy) is 2. The summed E-state index contributed by atoms with van der Waals surface area (Å²) in [5.74, 6) is 0.294. The van der Waals surface area contributed by atoms with Crippen molar-refractivity contribution in [2.24, 2.45) is 0 Å². The number of carbonyl (C=O) groups excluding carboxylic acids is 1. The van der Waals surface area contributed by atoms with Gasteiger partial charge in [0.2, 0.25) is 0 Å². The zero-order chi connectivity index (χ0) is 15.8. The molecule has 0 radical (unpaired) electrons. The first-order valence-electron chi connectivity index (χ1n) is 7.13. The van der Waals surface area contributed by atoms with Gasteiger partial charge in [0.15, 0.2) is 6.10 Å². The summed E-state index contributed by atoms with van der Waals surface area (Å²) in [5.41, 5.74) is 1.19. The van der Waals surface area contributed by atoms with Gasteiger partial charge in [-0.3, -0.25) is 4.98 Å². The van der Waals surface area contributed by atoms with E-state index in [1.54, 1.807) is 31.5 Å². The van der Waals surface area contributed by atoms with Gasteiger partial charge in [0.1, 0.15) is 5.75 Å². The molecule has 0 aliphatic carbocycles. The van der Waals surface area contributed by atoms with Crippen LogP contribution in [-0.2, 0) is 16.0 Å². The fraction of sp³-hybridized carbons (Fsp3) is 0.294. The first-order chi connectivity index (χ1) is 10.6. The van der Waals surface area contributed by atoms with Gasteiger partial charge in [0.05, 0.1) is 6.61 Å². The summed E-state index contributed by atoms with van der Waals surface area (Å²) >= 11 is 3.35. The van der Waals surface area contributed by atoms with Crippen LogP contribution >= 0.6 is 15.9 Å². The number of esters is 1. The molecule has 4 nitrogen and oxygen atoms in total. The first kappa shape index (κ1) is 16.5. The maximum Gasteiger partial charge on any atom is 0.347 e. The molecule has 0 N–H and O–H groups in total. The van der Waals surface area contributed by atoms with Crippen LogP contribution in [-0.4, -0.2) is 23.7 Å². The number of aryl methyl sites for hydroxylation is 1. The summed E-state index contributed by atoms with van der Waals surface area (Å²) in [6.07, 6.45) is 4.53. The number of aromatic nitrogens is 1. The standard InChI is InChI=1S/C17H18BrNO3/c1-13(22-16-6-4-15(18)5-7-16)17(20)21-12-2-3-14-8-10-19-11-9-14/h4-11,13H,2-3,12H2,1H3. The van der Waals surface area contributed by atoms with E-state index in [2.05, 4.69) is 20.9 Å². The van der Waals surface area contributed by atoms with Crippen molar-refractivity contribution >= 4 is 21.9 Å². The van der Waals surface area contributed by atoms with E-state index in [1.807, 2.05) is 24.3 Å². The van der Waals surface area contributed by atoms with E-state index in [1.165, 1.54) is 5.56 Å². The quantitative estimate of drug-likeness (QED) is 0.554. The molecular formula is C17H18BrNO3. The number of rotatable bonds is 7. The van der Waals surface area contributed by atoms with Gasteiger partial charge in [-0.1, -0.05) is 15.9 Å². The van der Waals surface area contributed by atoms with Crippen molar-refractivity contribution in [1.29, 1.82) is 0 Å². The number of hydrogen-bond acceptors (Lipinski definition) is 4. The van der Waals surface area contributed by atoms with Crippen molar-refractivity contribution in [3.8, 4) is 5.75 Å². The Morgan fingerprint density at radius 2 is 1.86 bits per heavy atom. The summed E-state index contributed by atoms with van der Waals surface area (Å²) in [6, 6.07) is 11.3. The maximum atomic E-state index is 11.9. The second-order valence-electron chi connectivity index (χ2n) is 4.84. The van der Waals surface area contributed by atoms with Crippen molar-refractivity contribution in [1.82, 2.24) is 4.98 Å². The highest BCUT2D eigenvalue weighted by molar-refractivity contribution is 9.10. The van der Waals surface area contributed by atoms with E-state index in [9.17, 15) is 4.79 Å². The summed E-state index contributed by atoms with van der Waals surface area (Å²) in [6.45, 7) is 2.07. The van der Waals surface area contributed by atoms with E-state index in [0.717, 1.165) is 17.3 Å². The van der Waals surface area contributed by atoms with Crippen molar-refractivity contribution < 1.29 is 14.3 Å². The molecule has 22 heavy (non-hydrogen) atoms. The SMILES string of the molecule is CC(Oc1ccc(Br)cc1)C(=O)OCCCc1ccncc1. The molecule has 2 rings (SSSR count). The minimum atomic E-state index is -0.623. The topological polar surface area (TPSA) is 48.4 Å². The molecular weight excluding hydrogens is 346 g/mol. The Bertz CT molecular complexity index is 587. The first-order valence-corrected chi connectivity index (χ1v) is 7.92. The molecule has 2 aromatic rings. The van der Waals surface area contributed by atoms with Crippen molar-refractivity contribution in [2.45, 2.75) is 25.9 Å². The second kappa shape index (κ2) is 8.54. The molecule has 0 aliphatic heterocycles. The van der Waals surface area contributed by atoms with E-state index in [4.69, 9.17) is 9.47 Å². The highest BCUT2D eigenvalue weighted by Crippen LogP contribution is 2.17. The molecule has 0 spiro atoms. The van der Waals surface area contributed by atoms with Crippen LogP contribution in [0.15, 0.2) is 53.3 Å². The molecule has 0 saturated carbocycles. The number of hydrogen-bond donors (Lipinski definition) is 0. The molecule has 0 bridgehead atoms. The summed E-state index contributed by atoms with van der Waals surface area (Å²) < 4.78 is 11.7. The largest absolute Gasteiger partial charge is 0.479 e. The van der Waals surface area contributed by atoms with Gasteiger partial charge in [0.25, 0.3) is 0 Å². The Hall–Kier alpha value is -1.88. The number of nitrogens with zero attached hydrogens (tertiary/aromatic N) is 1. The minimum absolute atomic E-state index is 0.349. The number of pyridine rings is 1. The Labute approximate surface area is 138 Å². The third-order valence-corrected chi connectivity index (χ3v) is 3.59. The van der Waals surface area contributed by atoms with Gasteiger partial charge >= 0.3 is 5.97 Å². The second-order valence-corrected chi connectivity index (χ2v) is 5.76. The zero-order valence-corrected chi connectivity index (χ0v) is 14.0. The molecule has 1 aromatic heterocycles. The summed E-state index contributed by atoms with van der Waals surface area (Å²) in [5, 5.41) is 0. The van der Waals surface area contributed by atoms with Crippen LogP contribution in [0.3, 0.4) is 0 Å². The Morgan fingerprint density at radius 1 is 1.18 bits per heavy atom. The van der Waals surface area contributed by atoms with Crippen LogP contribution in [0.5, 0.6) is 5.75 Å². The monoisotopic (exact) mass is 363 g/mol. The van der Waals surface area contributed by atoms with Crippen LogP contribution in [0.25, 0.3) is 0 Å². The van der Waals surface area contributed by atoms with Gasteiger partial charge in [-0.25, -0.2) is 4.79 Å². The van der Waals surface area contributed by atoms with Gasteiger partial charge in [-0.05, 0) is 61.7 Å². The molecule has 0 fully saturated rings. The molecule has 0 amide bonds. The Balaban J connectivity index is 1.69. The number of halogens is 1. The summed E-state index contributed by atoms with van der Waals surface area (Å²) in [7, 11) is 0. The zero-order valence-electron chi connectivity index (χ0n) is 12.4. The van der Waals surface area contributed by atoms with Crippen molar-refractivity contribution in [3.05, 3.63) is 58.8 Å². The predicted molar refractivity (Wildman–Crippen MR) is 87.7 cm³/mol. The average Bonchev–Trinajstić information content (AvgIpc) is 2.54. The molecule has 116 valence electrons. The molecule has 1 heterocycles. The van der Waals surface area contributed by atoms with Crippen molar-refractivity contribution in [2.75, 3.05) is 6.61 Å². The molecule has 5 heteroatoms. The third-order valence-electron chi connectivity index (χ3n) is 3.06. The van der Waals surface area contributed by atoms with E-state index >= 15 is 0 Å². The lowest BCUT2D eigenvalue weighted by atomic mass is 10.1. The minimum Gasteiger partial charge on any atom is -0.479 e. The fourth-order valence-corrected chi connectivity index (χ4v) is 2.15. The fourth-order valence-electron chi connectivity index (χ4n) is 1.88. The van der Waals surface area contributed by atoms with Crippen LogP contribution in [0.4, 0.5) is 0 Å². The lowest BCUT2D eigenvalue weighted by Crippen LogP contribution is -2.26. The Morgan fingerprint density at radius 3 is 2.55 bits per heavy atom. The number of benzene rings is 1. The molecule has 0 saturated heterocycles. The molecule has 0 aliphatic rings. The third kappa shape index (κ3) is 5.48.